The molecule has 0 aromatic heterocycles. The summed E-state index contributed by atoms with van der Waals surface area (Å²) in [6.45, 7) is 10.2. The van der Waals surface area contributed by atoms with Gasteiger partial charge in [0, 0.05) is 19.6 Å². The Morgan fingerprint density at radius 3 is 2.67 bits per heavy atom. The zero-order valence-electron chi connectivity index (χ0n) is 20.2. The van der Waals surface area contributed by atoms with Crippen LogP contribution in [0.5, 0.6) is 11.5 Å². The number of anilines is 1. The monoisotopic (exact) mass is 466 g/mol. The van der Waals surface area contributed by atoms with Gasteiger partial charge in [-0.15, -0.1) is 0 Å². The van der Waals surface area contributed by atoms with Gasteiger partial charge in [0.15, 0.2) is 17.8 Å². The number of ether oxygens (including phenoxy) is 5. The fourth-order valence-electron chi connectivity index (χ4n) is 3.05. The summed E-state index contributed by atoms with van der Waals surface area (Å²) >= 11 is 0. The second-order valence-corrected chi connectivity index (χ2v) is 8.71. The van der Waals surface area contributed by atoms with Gasteiger partial charge in [0.2, 0.25) is 0 Å². The number of benzene rings is 1. The van der Waals surface area contributed by atoms with E-state index in [1.165, 1.54) is 0 Å². The van der Waals surface area contributed by atoms with E-state index in [2.05, 4.69) is 10.6 Å². The molecule has 186 valence electrons. The lowest BCUT2D eigenvalue weighted by atomic mass is 10.2. The number of para-hydroxylation sites is 1. The van der Waals surface area contributed by atoms with Crippen LogP contribution in [0.2, 0.25) is 0 Å². The van der Waals surface area contributed by atoms with Crippen LogP contribution < -0.4 is 20.1 Å². The lowest BCUT2D eigenvalue weighted by molar-refractivity contribution is -0.162. The molecular weight excluding hydrogens is 428 g/mol. The highest BCUT2D eigenvalue weighted by atomic mass is 16.7. The molecule has 1 aromatic rings. The van der Waals surface area contributed by atoms with E-state index in [-0.39, 0.29) is 18.5 Å². The Hall–Kier alpha value is -2.36. The predicted octanol–water partition coefficient (Wildman–Crippen LogP) is 4.25. The van der Waals surface area contributed by atoms with E-state index in [9.17, 15) is 9.59 Å². The van der Waals surface area contributed by atoms with E-state index < -0.39 is 17.7 Å². The molecule has 0 spiro atoms. The van der Waals surface area contributed by atoms with Crippen molar-refractivity contribution in [1.29, 1.82) is 0 Å². The van der Waals surface area contributed by atoms with Gasteiger partial charge in [0.1, 0.15) is 12.2 Å². The van der Waals surface area contributed by atoms with Crippen molar-refractivity contribution in [2.75, 3.05) is 38.2 Å². The zero-order valence-corrected chi connectivity index (χ0v) is 20.2. The molecule has 1 saturated heterocycles. The first-order valence-electron chi connectivity index (χ1n) is 11.7. The summed E-state index contributed by atoms with van der Waals surface area (Å²) in [5, 5.41) is 5.92. The number of nitrogens with one attached hydrogen (secondary N) is 2. The minimum atomic E-state index is -0.654. The lowest BCUT2D eigenvalue weighted by Gasteiger charge is -2.22. The van der Waals surface area contributed by atoms with E-state index >= 15 is 0 Å². The van der Waals surface area contributed by atoms with Gasteiger partial charge in [-0.1, -0.05) is 13.0 Å². The summed E-state index contributed by atoms with van der Waals surface area (Å²) in [6, 6.07) is 5.03. The molecule has 2 N–H and O–H groups in total. The highest BCUT2D eigenvalue weighted by Crippen LogP contribution is 2.36. The molecule has 1 heterocycles. The van der Waals surface area contributed by atoms with Crippen LogP contribution in [0.4, 0.5) is 10.5 Å². The lowest BCUT2D eigenvalue weighted by Crippen LogP contribution is -2.27. The van der Waals surface area contributed by atoms with E-state index in [4.69, 9.17) is 23.7 Å². The molecule has 1 atom stereocenters. The Labute approximate surface area is 196 Å². The van der Waals surface area contributed by atoms with Gasteiger partial charge in [0.05, 0.1) is 12.3 Å². The third-order valence-electron chi connectivity index (χ3n) is 4.60. The van der Waals surface area contributed by atoms with Crippen molar-refractivity contribution >= 4 is 17.7 Å². The van der Waals surface area contributed by atoms with Crippen LogP contribution in [0.25, 0.3) is 0 Å². The Morgan fingerprint density at radius 1 is 1.15 bits per heavy atom. The Bertz CT molecular complexity index is 743. The van der Waals surface area contributed by atoms with Gasteiger partial charge in [-0.05, 0) is 65.1 Å². The second kappa shape index (κ2) is 14.0. The molecule has 1 aromatic carbocycles. The fraction of sp³-hybridized carbons (Fsp3) is 0.667. The average Bonchev–Trinajstić information content (AvgIpc) is 2.76. The normalized spacial score (nSPS) is 16.2. The van der Waals surface area contributed by atoms with Crippen LogP contribution in [0.15, 0.2) is 18.2 Å². The molecule has 33 heavy (non-hydrogen) atoms. The maximum absolute atomic E-state index is 12.2. The third kappa shape index (κ3) is 10.9. The van der Waals surface area contributed by atoms with Crippen molar-refractivity contribution in [2.24, 2.45) is 0 Å². The first kappa shape index (κ1) is 26.9. The maximum Gasteiger partial charge on any atom is 0.412 e. The molecule has 1 aliphatic rings. The van der Waals surface area contributed by atoms with Crippen molar-refractivity contribution in [3.05, 3.63) is 18.2 Å². The Kier molecular flexibility index (Phi) is 11.4. The summed E-state index contributed by atoms with van der Waals surface area (Å²) in [5.41, 5.74) is -0.350. The molecule has 1 fully saturated rings. The minimum Gasteiger partial charge on any atom is -0.488 e. The molecule has 0 aliphatic carbocycles. The molecule has 0 saturated carbocycles. The predicted molar refractivity (Wildman–Crippen MR) is 125 cm³/mol. The fourth-order valence-corrected chi connectivity index (χ4v) is 3.05. The van der Waals surface area contributed by atoms with Crippen LogP contribution in [0.1, 0.15) is 59.8 Å². The Balaban J connectivity index is 1.80. The van der Waals surface area contributed by atoms with Gasteiger partial charge in [-0.2, -0.15) is 0 Å². The van der Waals surface area contributed by atoms with Crippen LogP contribution in [0.3, 0.4) is 0 Å². The minimum absolute atomic E-state index is 0.0621. The summed E-state index contributed by atoms with van der Waals surface area (Å²) in [4.78, 5) is 24.1. The molecule has 1 aliphatic heterocycles. The molecule has 0 bridgehead atoms. The average molecular weight is 467 g/mol. The number of esters is 1. The topological polar surface area (TPSA) is 104 Å². The van der Waals surface area contributed by atoms with Crippen LogP contribution in [-0.2, 0) is 19.0 Å². The zero-order chi connectivity index (χ0) is 24.1. The van der Waals surface area contributed by atoms with Gasteiger partial charge >= 0.3 is 12.1 Å². The van der Waals surface area contributed by atoms with Crippen molar-refractivity contribution in [2.45, 2.75) is 71.7 Å². The van der Waals surface area contributed by atoms with Crippen molar-refractivity contribution in [1.82, 2.24) is 5.32 Å². The highest BCUT2D eigenvalue weighted by molar-refractivity contribution is 5.89. The van der Waals surface area contributed by atoms with Gasteiger partial charge < -0.3 is 29.0 Å². The highest BCUT2D eigenvalue weighted by Gasteiger charge is 2.20. The molecule has 0 radical (unpaired) electrons. The van der Waals surface area contributed by atoms with Crippen LogP contribution in [-0.4, -0.2) is 56.9 Å². The number of hydrogen-bond donors (Lipinski definition) is 2. The van der Waals surface area contributed by atoms with Crippen LogP contribution in [0, 0.1) is 0 Å². The van der Waals surface area contributed by atoms with Gasteiger partial charge in [-0.25, -0.2) is 4.79 Å². The summed E-state index contributed by atoms with van der Waals surface area (Å²) < 4.78 is 27.8. The van der Waals surface area contributed by atoms with Crippen molar-refractivity contribution in [3.8, 4) is 11.5 Å². The summed E-state index contributed by atoms with van der Waals surface area (Å²) in [7, 11) is 0. The van der Waals surface area contributed by atoms with Crippen molar-refractivity contribution < 1.29 is 33.3 Å². The summed E-state index contributed by atoms with van der Waals surface area (Å²) in [5.74, 6) is 0.0967. The van der Waals surface area contributed by atoms with E-state index in [1.54, 1.807) is 45.9 Å². The number of hydrogen-bond acceptors (Lipinski definition) is 8. The Morgan fingerprint density at radius 2 is 1.97 bits per heavy atom. The number of carbonyl (C=O) groups is 2. The van der Waals surface area contributed by atoms with E-state index in [0.717, 1.165) is 38.8 Å². The molecule has 1 unspecified atom stereocenters. The van der Waals surface area contributed by atoms with Crippen LogP contribution >= 0.6 is 0 Å². The third-order valence-corrected chi connectivity index (χ3v) is 4.60. The molecular formula is C24H38N2O7. The van der Waals surface area contributed by atoms with Gasteiger partial charge in [0.25, 0.3) is 0 Å². The standard InChI is InChI=1S/C24H38N2O7/c1-5-20(27)32-22-18(26-23(28)33-24(2,3)4)10-8-11-19(22)29-17-14-25-13-9-16-31-21-12-6-7-15-30-21/h8,10-11,21,25H,5-7,9,12-17H2,1-4H3,(H,26,28). The summed E-state index contributed by atoms with van der Waals surface area (Å²) in [6.07, 6.45) is 3.59. The number of carbonyl (C=O) groups excluding carboxylic acids is 2. The SMILES string of the molecule is CCC(=O)Oc1c(NC(=O)OC(C)(C)C)cccc1OCCNCCCOC1CCCCO1. The largest absolute Gasteiger partial charge is 0.488 e. The quantitative estimate of drug-likeness (QED) is 0.268. The van der Waals surface area contributed by atoms with Crippen molar-refractivity contribution in [3.63, 3.8) is 0 Å². The second-order valence-electron chi connectivity index (χ2n) is 8.71. The van der Waals surface area contributed by atoms with Gasteiger partial charge in [-0.3, -0.25) is 10.1 Å². The number of rotatable bonds is 12. The molecule has 2 rings (SSSR count). The van der Waals surface area contributed by atoms with E-state index in [0.29, 0.717) is 31.2 Å². The molecule has 9 heteroatoms. The smallest absolute Gasteiger partial charge is 0.412 e. The number of amides is 1. The first-order valence-corrected chi connectivity index (χ1v) is 11.7. The first-order chi connectivity index (χ1) is 15.8. The maximum atomic E-state index is 12.2. The molecule has 1 amide bonds. The van der Waals surface area contributed by atoms with E-state index in [1.807, 2.05) is 0 Å². The molecule has 9 nitrogen and oxygen atoms in total.